The number of nitrogens with one attached hydrogen (secondary N) is 1. The molecule has 0 amide bonds. The van der Waals surface area contributed by atoms with E-state index >= 15 is 0 Å². The quantitative estimate of drug-likeness (QED) is 0.784. The summed E-state index contributed by atoms with van der Waals surface area (Å²) in [5.41, 5.74) is 1.87. The molecule has 21 heavy (non-hydrogen) atoms. The second-order valence-electron chi connectivity index (χ2n) is 5.09. The van der Waals surface area contributed by atoms with Crippen molar-refractivity contribution in [3.8, 4) is 0 Å². The molecule has 1 unspecified atom stereocenters. The van der Waals surface area contributed by atoms with Crippen molar-refractivity contribution in [2.24, 2.45) is 7.05 Å². The molecule has 0 spiro atoms. The summed E-state index contributed by atoms with van der Waals surface area (Å²) in [6, 6.07) is 14.1. The molecule has 0 fully saturated rings. The zero-order valence-electron chi connectivity index (χ0n) is 12.2. The van der Waals surface area contributed by atoms with Crippen LogP contribution in [0.2, 0.25) is 0 Å². The molecule has 2 aromatic heterocycles. The molecule has 3 rings (SSSR count). The standard InChI is InChI=1S/C17H18N2OS/c1-3-13(16-9-6-10-21-16)18-14-11-17(20)19(2)15-8-5-4-7-12(14)15/h4-11,13,18H,3H2,1-2H3. The lowest BCUT2D eigenvalue weighted by molar-refractivity contribution is 0.763. The minimum absolute atomic E-state index is 0.0113. The Morgan fingerprint density at radius 2 is 2.05 bits per heavy atom. The van der Waals surface area contributed by atoms with Crippen LogP contribution in [0.5, 0.6) is 0 Å². The summed E-state index contributed by atoms with van der Waals surface area (Å²) in [5.74, 6) is 0. The average molecular weight is 298 g/mol. The molecule has 0 aliphatic rings. The number of pyridine rings is 1. The van der Waals surface area contributed by atoms with Gasteiger partial charge in [-0.1, -0.05) is 31.2 Å². The summed E-state index contributed by atoms with van der Waals surface area (Å²) in [6.45, 7) is 2.15. The van der Waals surface area contributed by atoms with Crippen molar-refractivity contribution in [1.29, 1.82) is 0 Å². The fourth-order valence-electron chi connectivity index (χ4n) is 2.58. The van der Waals surface area contributed by atoms with Crippen molar-refractivity contribution in [2.45, 2.75) is 19.4 Å². The first-order valence-electron chi connectivity index (χ1n) is 7.09. The number of benzene rings is 1. The molecule has 0 aliphatic heterocycles. The first-order chi connectivity index (χ1) is 10.2. The van der Waals surface area contributed by atoms with Crippen LogP contribution in [0.4, 0.5) is 5.69 Å². The van der Waals surface area contributed by atoms with E-state index in [0.29, 0.717) is 0 Å². The largest absolute Gasteiger partial charge is 0.377 e. The van der Waals surface area contributed by atoms with Gasteiger partial charge in [-0.05, 0) is 23.9 Å². The van der Waals surface area contributed by atoms with Gasteiger partial charge in [0, 0.05) is 29.1 Å². The molecule has 1 aromatic carbocycles. The highest BCUT2D eigenvalue weighted by Gasteiger charge is 2.13. The van der Waals surface area contributed by atoms with Crippen LogP contribution in [0.1, 0.15) is 24.3 Å². The first kappa shape index (κ1) is 13.9. The maximum atomic E-state index is 12.1. The SMILES string of the molecule is CCC(Nc1cc(=O)n(C)c2ccccc12)c1cccs1. The molecule has 0 saturated heterocycles. The summed E-state index contributed by atoms with van der Waals surface area (Å²) in [6.07, 6.45) is 0.976. The maximum absolute atomic E-state index is 12.1. The number of rotatable bonds is 4. The van der Waals surface area contributed by atoms with Crippen molar-refractivity contribution >= 4 is 27.9 Å². The van der Waals surface area contributed by atoms with Crippen LogP contribution in [0, 0.1) is 0 Å². The summed E-state index contributed by atoms with van der Waals surface area (Å²) in [7, 11) is 1.81. The zero-order chi connectivity index (χ0) is 14.8. The van der Waals surface area contributed by atoms with Crippen LogP contribution >= 0.6 is 11.3 Å². The lowest BCUT2D eigenvalue weighted by atomic mass is 10.1. The predicted octanol–water partition coefficient (Wildman–Crippen LogP) is 4.16. The van der Waals surface area contributed by atoms with E-state index in [1.807, 2.05) is 25.2 Å². The molecule has 2 heterocycles. The van der Waals surface area contributed by atoms with Crippen molar-refractivity contribution in [2.75, 3.05) is 5.32 Å². The van der Waals surface area contributed by atoms with Gasteiger partial charge in [0.2, 0.25) is 0 Å². The van der Waals surface area contributed by atoms with E-state index in [4.69, 9.17) is 0 Å². The second kappa shape index (κ2) is 5.74. The highest BCUT2D eigenvalue weighted by molar-refractivity contribution is 7.10. The maximum Gasteiger partial charge on any atom is 0.252 e. The van der Waals surface area contributed by atoms with Gasteiger partial charge in [0.15, 0.2) is 0 Å². The van der Waals surface area contributed by atoms with Crippen LogP contribution in [0.15, 0.2) is 52.6 Å². The summed E-state index contributed by atoms with van der Waals surface area (Å²) >= 11 is 1.74. The van der Waals surface area contributed by atoms with E-state index in [9.17, 15) is 4.79 Å². The van der Waals surface area contributed by atoms with Gasteiger partial charge in [-0.15, -0.1) is 11.3 Å². The third-order valence-electron chi connectivity index (χ3n) is 3.78. The zero-order valence-corrected chi connectivity index (χ0v) is 13.0. The Labute approximate surface area is 127 Å². The molecule has 1 atom stereocenters. The number of fused-ring (bicyclic) bond motifs is 1. The highest BCUT2D eigenvalue weighted by atomic mass is 32.1. The van der Waals surface area contributed by atoms with Gasteiger partial charge >= 0.3 is 0 Å². The van der Waals surface area contributed by atoms with Gasteiger partial charge in [-0.3, -0.25) is 4.79 Å². The number of aromatic nitrogens is 1. The Balaban J connectivity index is 2.08. The van der Waals surface area contributed by atoms with E-state index in [0.717, 1.165) is 23.0 Å². The molecule has 0 saturated carbocycles. The molecule has 0 bridgehead atoms. The van der Waals surface area contributed by atoms with E-state index in [1.54, 1.807) is 22.0 Å². The topological polar surface area (TPSA) is 34.0 Å². The second-order valence-corrected chi connectivity index (χ2v) is 6.07. The van der Waals surface area contributed by atoms with Crippen molar-refractivity contribution in [1.82, 2.24) is 4.57 Å². The highest BCUT2D eigenvalue weighted by Crippen LogP contribution is 2.29. The van der Waals surface area contributed by atoms with E-state index in [1.165, 1.54) is 4.88 Å². The van der Waals surface area contributed by atoms with E-state index < -0.39 is 0 Å². The third kappa shape index (κ3) is 2.59. The Morgan fingerprint density at radius 3 is 2.76 bits per heavy atom. The average Bonchev–Trinajstić information content (AvgIpc) is 3.03. The molecule has 3 nitrogen and oxygen atoms in total. The minimum atomic E-state index is 0.0113. The Hall–Kier alpha value is -2.07. The predicted molar refractivity (Wildman–Crippen MR) is 90.2 cm³/mol. The number of anilines is 1. The van der Waals surface area contributed by atoms with Crippen LogP contribution in [0.25, 0.3) is 10.9 Å². The van der Waals surface area contributed by atoms with Crippen LogP contribution in [-0.4, -0.2) is 4.57 Å². The molecule has 0 radical (unpaired) electrons. The Bertz CT molecular complexity index is 805. The van der Waals surface area contributed by atoms with Crippen molar-refractivity contribution in [3.05, 3.63) is 63.1 Å². The number of nitrogens with zero attached hydrogens (tertiary/aromatic N) is 1. The fourth-order valence-corrected chi connectivity index (χ4v) is 3.44. The number of hydrogen-bond donors (Lipinski definition) is 1. The van der Waals surface area contributed by atoms with Gasteiger partial charge in [-0.2, -0.15) is 0 Å². The van der Waals surface area contributed by atoms with Gasteiger partial charge in [-0.25, -0.2) is 0 Å². The fraction of sp³-hybridized carbons (Fsp3) is 0.235. The first-order valence-corrected chi connectivity index (χ1v) is 7.97. The molecular formula is C17H18N2OS. The molecule has 3 aromatic rings. The van der Waals surface area contributed by atoms with Gasteiger partial charge in [0.25, 0.3) is 5.56 Å². The van der Waals surface area contributed by atoms with Gasteiger partial charge in [0.1, 0.15) is 0 Å². The smallest absolute Gasteiger partial charge is 0.252 e. The summed E-state index contributed by atoms with van der Waals surface area (Å²) in [4.78, 5) is 13.4. The third-order valence-corrected chi connectivity index (χ3v) is 4.76. The number of hydrogen-bond acceptors (Lipinski definition) is 3. The lowest BCUT2D eigenvalue weighted by Crippen LogP contribution is -2.18. The number of para-hydroxylation sites is 1. The molecule has 108 valence electrons. The van der Waals surface area contributed by atoms with Crippen molar-refractivity contribution < 1.29 is 0 Å². The van der Waals surface area contributed by atoms with Crippen LogP contribution < -0.4 is 10.9 Å². The molecule has 1 N–H and O–H groups in total. The normalized spacial score (nSPS) is 12.5. The van der Waals surface area contributed by atoms with Crippen LogP contribution in [0.3, 0.4) is 0 Å². The minimum Gasteiger partial charge on any atom is -0.377 e. The summed E-state index contributed by atoms with van der Waals surface area (Å²) < 4.78 is 1.69. The van der Waals surface area contributed by atoms with Gasteiger partial charge in [0.05, 0.1) is 11.6 Å². The lowest BCUT2D eigenvalue weighted by Gasteiger charge is -2.19. The van der Waals surface area contributed by atoms with E-state index in [-0.39, 0.29) is 11.6 Å². The van der Waals surface area contributed by atoms with Crippen LogP contribution in [-0.2, 0) is 7.05 Å². The number of aryl methyl sites for hydroxylation is 1. The molecule has 0 aliphatic carbocycles. The molecule has 4 heteroatoms. The van der Waals surface area contributed by atoms with Gasteiger partial charge < -0.3 is 9.88 Å². The Morgan fingerprint density at radius 1 is 1.24 bits per heavy atom. The molecular weight excluding hydrogens is 280 g/mol. The monoisotopic (exact) mass is 298 g/mol. The Kier molecular flexibility index (Phi) is 3.80. The van der Waals surface area contributed by atoms with E-state index in [2.05, 4.69) is 35.8 Å². The summed E-state index contributed by atoms with van der Waals surface area (Å²) in [5, 5.41) is 6.70. The number of thiophene rings is 1. The van der Waals surface area contributed by atoms with Crippen molar-refractivity contribution in [3.63, 3.8) is 0 Å².